The van der Waals surface area contributed by atoms with Gasteiger partial charge < -0.3 is 44.7 Å². The Labute approximate surface area is 300 Å². The number of aromatic carboxylic acids is 4. The van der Waals surface area contributed by atoms with Gasteiger partial charge in [-0.1, -0.05) is 97.1 Å². The van der Waals surface area contributed by atoms with Crippen molar-refractivity contribution in [2.45, 2.75) is 13.3 Å². The molecule has 0 aromatic heterocycles. The third-order valence-corrected chi connectivity index (χ3v) is 11.8. The van der Waals surface area contributed by atoms with Gasteiger partial charge in [0.15, 0.2) is 0 Å². The quantitative estimate of drug-likeness (QED) is 0.139. The fourth-order valence-corrected chi connectivity index (χ4v) is 10.2. The fraction of sp³-hybridized carbons (Fsp3) is 0.121. The van der Waals surface area contributed by atoms with Crippen LogP contribution in [-0.2, 0) is 45.6 Å². The molecule has 0 unspecified atom stereocenters. The summed E-state index contributed by atoms with van der Waals surface area (Å²) < 4.78 is 0. The Hall–Kier alpha value is -3.59. The molecule has 0 fully saturated rings. The van der Waals surface area contributed by atoms with Crippen molar-refractivity contribution < 1.29 is 90.4 Å². The molecule has 0 aliphatic carbocycles. The van der Waals surface area contributed by atoms with E-state index in [1.54, 1.807) is 72.8 Å². The Balaban J connectivity index is 0.00000174. The Bertz CT molecular complexity index is 1490. The number of hydrogen-bond donors (Lipinski definition) is 1. The maximum atomic E-state index is 12.0. The predicted molar refractivity (Wildman–Crippen MR) is 163 cm³/mol. The molecular weight excluding hydrogens is 831 g/mol. The number of carboxylic acids is 5. The zero-order chi connectivity index (χ0) is 33.1. The van der Waals surface area contributed by atoms with Crippen LogP contribution >= 0.6 is 15.8 Å². The van der Waals surface area contributed by atoms with E-state index in [2.05, 4.69) is 0 Å². The number of hydrogen-bond acceptors (Lipinski definition) is 9. The molecule has 4 aromatic carbocycles. The summed E-state index contributed by atoms with van der Waals surface area (Å²) >= 11 is 0. The van der Waals surface area contributed by atoms with Crippen molar-refractivity contribution in [2.24, 2.45) is 0 Å². The summed E-state index contributed by atoms with van der Waals surface area (Å²) in [5.74, 6) is -6.42. The molecule has 47 heavy (non-hydrogen) atoms. The SMILES string of the molecule is CC(=O)O.O=C([O-])c1ccccc1P(CCCP(c1ccccc1C(=O)[O-])c1ccccc1C(=O)[O-])c1ccccc1C(=O)[O-].[Pd+2].[Pd+2]. The van der Waals surface area contributed by atoms with Gasteiger partial charge in [-0.25, -0.2) is 0 Å². The minimum atomic E-state index is -1.55. The van der Waals surface area contributed by atoms with Crippen LogP contribution in [0.1, 0.15) is 54.8 Å². The van der Waals surface area contributed by atoms with E-state index in [0.717, 1.165) is 6.92 Å². The first-order chi connectivity index (χ1) is 21.4. The molecule has 14 heteroatoms. The summed E-state index contributed by atoms with van der Waals surface area (Å²) in [5.41, 5.74) is -0.227. The molecule has 0 heterocycles. The first-order valence-electron chi connectivity index (χ1n) is 13.4. The molecule has 0 radical (unpaired) electrons. The molecule has 248 valence electrons. The van der Waals surface area contributed by atoms with Crippen LogP contribution < -0.4 is 41.6 Å². The maximum absolute atomic E-state index is 12.0. The Morgan fingerprint density at radius 2 is 0.681 bits per heavy atom. The van der Waals surface area contributed by atoms with Gasteiger partial charge in [0.1, 0.15) is 0 Å². The Kier molecular flexibility index (Phi) is 17.6. The average Bonchev–Trinajstić information content (AvgIpc) is 3.01. The van der Waals surface area contributed by atoms with Gasteiger partial charge in [-0.15, -0.1) is 0 Å². The zero-order valence-electron chi connectivity index (χ0n) is 24.5. The second kappa shape index (κ2) is 19.9. The Morgan fingerprint density at radius 1 is 0.489 bits per heavy atom. The summed E-state index contributed by atoms with van der Waals surface area (Å²) in [6.45, 7) is 1.08. The van der Waals surface area contributed by atoms with Gasteiger partial charge in [-0.2, -0.15) is 0 Å². The van der Waals surface area contributed by atoms with E-state index in [9.17, 15) is 39.6 Å². The molecule has 0 aliphatic heterocycles. The molecule has 0 aliphatic rings. The molecule has 0 saturated carbocycles. The van der Waals surface area contributed by atoms with Crippen LogP contribution in [0.15, 0.2) is 97.1 Å². The van der Waals surface area contributed by atoms with Gasteiger partial charge in [0, 0.05) is 29.2 Å². The molecular formula is C33H26O10P2Pd2. The van der Waals surface area contributed by atoms with Crippen molar-refractivity contribution in [3.63, 3.8) is 0 Å². The monoisotopic (exact) mass is 856 g/mol. The topological polar surface area (TPSA) is 198 Å². The van der Waals surface area contributed by atoms with Gasteiger partial charge in [0.2, 0.25) is 0 Å². The van der Waals surface area contributed by atoms with E-state index in [4.69, 9.17) is 9.90 Å². The van der Waals surface area contributed by atoms with Crippen LogP contribution in [0.3, 0.4) is 0 Å². The molecule has 0 saturated heterocycles. The summed E-state index contributed by atoms with van der Waals surface area (Å²) in [5, 5.41) is 57.0. The smallest absolute Gasteiger partial charge is 0.545 e. The average molecular weight is 857 g/mol. The fourth-order valence-electron chi connectivity index (χ4n) is 4.65. The molecule has 0 bridgehead atoms. The second-order valence-corrected chi connectivity index (χ2v) is 13.9. The number of carboxylic acid groups (broad SMARTS) is 5. The van der Waals surface area contributed by atoms with Crippen molar-refractivity contribution in [3.05, 3.63) is 119 Å². The van der Waals surface area contributed by atoms with Gasteiger partial charge >= 0.3 is 40.8 Å². The van der Waals surface area contributed by atoms with Crippen molar-refractivity contribution in [1.82, 2.24) is 0 Å². The molecule has 0 atom stereocenters. The zero-order valence-corrected chi connectivity index (χ0v) is 29.4. The van der Waals surface area contributed by atoms with Crippen molar-refractivity contribution in [3.8, 4) is 0 Å². The summed E-state index contributed by atoms with van der Waals surface area (Å²) in [7, 11) is -3.11. The van der Waals surface area contributed by atoms with Gasteiger partial charge in [-0.3, -0.25) is 4.79 Å². The van der Waals surface area contributed by atoms with E-state index in [1.165, 1.54) is 24.3 Å². The van der Waals surface area contributed by atoms with E-state index < -0.39 is 45.7 Å². The van der Waals surface area contributed by atoms with Crippen LogP contribution in [0.5, 0.6) is 0 Å². The summed E-state index contributed by atoms with van der Waals surface area (Å²) in [4.78, 5) is 56.9. The maximum Gasteiger partial charge on any atom is 2.00 e. The minimum absolute atomic E-state index is 0. The van der Waals surface area contributed by atoms with Gasteiger partial charge in [0.05, 0.1) is 23.9 Å². The summed E-state index contributed by atoms with van der Waals surface area (Å²) in [6.07, 6.45) is 1.02. The number of carbonyl (C=O) groups is 5. The van der Waals surface area contributed by atoms with Crippen LogP contribution in [0.2, 0.25) is 0 Å². The first kappa shape index (κ1) is 41.4. The molecule has 0 amide bonds. The number of carbonyl (C=O) groups excluding carboxylic acids is 4. The van der Waals surface area contributed by atoms with Crippen molar-refractivity contribution in [1.29, 1.82) is 0 Å². The van der Waals surface area contributed by atoms with Crippen LogP contribution in [0, 0.1) is 0 Å². The number of aliphatic carboxylic acids is 1. The normalized spacial score (nSPS) is 10.1. The number of rotatable bonds is 12. The standard InChI is InChI=1S/C31H26O8P2.C2H4O2.2Pd/c32-28(33)20-10-1-5-14-24(20)40(25-15-6-2-11-21(25)29(34)35)18-9-19-41(26-16-7-3-12-22(26)30(36)37)27-17-8-4-13-23(27)31(38)39;1-2(3)4;;/h1-8,10-17H,9,18-19H2,(H,32,33)(H,34,35)(H,36,37)(H,38,39);1H3,(H,3,4);;/q;;2*+2/p-4. The van der Waals surface area contributed by atoms with Gasteiger partial charge in [-0.05, 0) is 55.8 Å². The molecule has 1 N–H and O–H groups in total. The van der Waals surface area contributed by atoms with Crippen LogP contribution in [0.25, 0.3) is 0 Å². The van der Waals surface area contributed by atoms with E-state index in [-0.39, 0.29) is 63.1 Å². The number of benzene rings is 4. The largest absolute Gasteiger partial charge is 2.00 e. The minimum Gasteiger partial charge on any atom is -0.545 e. The van der Waals surface area contributed by atoms with Crippen LogP contribution in [-0.4, -0.2) is 47.3 Å². The van der Waals surface area contributed by atoms with E-state index >= 15 is 0 Å². The van der Waals surface area contributed by atoms with Gasteiger partial charge in [0.25, 0.3) is 5.97 Å². The van der Waals surface area contributed by atoms with Crippen LogP contribution in [0.4, 0.5) is 0 Å². The molecule has 0 spiro atoms. The molecule has 4 rings (SSSR count). The van der Waals surface area contributed by atoms with E-state index in [1.807, 2.05) is 0 Å². The second-order valence-electron chi connectivity index (χ2n) is 9.39. The summed E-state index contributed by atoms with van der Waals surface area (Å²) in [6, 6.07) is 25.0. The predicted octanol–water partition coefficient (Wildman–Crippen LogP) is -0.818. The molecule has 4 aromatic rings. The Morgan fingerprint density at radius 3 is 0.872 bits per heavy atom. The third-order valence-electron chi connectivity index (χ3n) is 6.42. The third kappa shape index (κ3) is 11.3. The van der Waals surface area contributed by atoms with E-state index in [0.29, 0.717) is 40.0 Å². The first-order valence-corrected chi connectivity index (χ1v) is 16.5. The van der Waals surface area contributed by atoms with Crippen molar-refractivity contribution in [2.75, 3.05) is 12.3 Å². The molecule has 10 nitrogen and oxygen atoms in total. The van der Waals surface area contributed by atoms with Crippen molar-refractivity contribution >= 4 is 66.9 Å².